The third-order valence-corrected chi connectivity index (χ3v) is 7.04. The molecule has 132 valence electrons. The molecule has 0 radical (unpaired) electrons. The third kappa shape index (κ3) is 4.12. The van der Waals surface area contributed by atoms with E-state index in [-0.39, 0.29) is 12.1 Å². The zero-order valence-corrected chi connectivity index (χ0v) is 15.5. The first-order valence-corrected chi connectivity index (χ1v) is 9.86. The summed E-state index contributed by atoms with van der Waals surface area (Å²) in [7, 11) is 0.723. The first kappa shape index (κ1) is 18.2. The summed E-state index contributed by atoms with van der Waals surface area (Å²) in [5, 5.41) is 11.9. The molecule has 0 aliphatic rings. The number of carboxylic acids is 1. The minimum Gasteiger partial charge on any atom is -0.496 e. The van der Waals surface area contributed by atoms with Crippen LogP contribution in [0.15, 0.2) is 84.9 Å². The van der Waals surface area contributed by atoms with E-state index < -0.39 is 13.9 Å². The van der Waals surface area contributed by atoms with E-state index in [0.29, 0.717) is 0 Å². The van der Waals surface area contributed by atoms with E-state index in [2.05, 4.69) is 24.3 Å². The highest BCUT2D eigenvalue weighted by Crippen LogP contribution is 2.53. The number of carboxylic acid groups (broad SMARTS) is 1. The van der Waals surface area contributed by atoms with Crippen molar-refractivity contribution in [3.8, 4) is 5.75 Å². The molecular formula is C22H21O3P. The first-order chi connectivity index (χ1) is 12.7. The number of hydrogen-bond acceptors (Lipinski definition) is 2. The van der Waals surface area contributed by atoms with E-state index in [1.54, 1.807) is 7.11 Å². The van der Waals surface area contributed by atoms with Crippen molar-refractivity contribution in [3.05, 3.63) is 90.5 Å². The highest BCUT2D eigenvalue weighted by Gasteiger charge is 2.30. The lowest BCUT2D eigenvalue weighted by Crippen LogP contribution is -2.19. The number of aliphatic carboxylic acids is 1. The Bertz CT molecular complexity index is 810. The monoisotopic (exact) mass is 364 g/mol. The van der Waals surface area contributed by atoms with Gasteiger partial charge in [0.25, 0.3) is 0 Å². The molecule has 4 heteroatoms. The van der Waals surface area contributed by atoms with Gasteiger partial charge in [-0.05, 0) is 24.6 Å². The molecule has 3 aromatic carbocycles. The highest BCUT2D eigenvalue weighted by atomic mass is 31.1. The third-order valence-electron chi connectivity index (χ3n) is 4.25. The minimum atomic E-state index is -0.906. The van der Waals surface area contributed by atoms with Gasteiger partial charge in [-0.1, -0.05) is 78.9 Å². The summed E-state index contributed by atoms with van der Waals surface area (Å²) in [6.07, 6.45) is 0.0515. The standard InChI is InChI=1S/C22H21O3P/c1-25-20-15-9-8-14-19(20)21(16-22(23)24)26(17-10-4-2-5-11-17)18-12-6-3-7-13-18/h2-15,21H,16H2,1H3,(H,23,24). The fourth-order valence-electron chi connectivity index (χ4n) is 3.13. The van der Waals surface area contributed by atoms with Gasteiger partial charge in [0.2, 0.25) is 0 Å². The highest BCUT2D eigenvalue weighted by molar-refractivity contribution is 7.73. The fraction of sp³-hybridized carbons (Fsp3) is 0.136. The van der Waals surface area contributed by atoms with Crippen LogP contribution in [0.2, 0.25) is 0 Å². The summed E-state index contributed by atoms with van der Waals surface area (Å²) in [5.41, 5.74) is 0.764. The van der Waals surface area contributed by atoms with Gasteiger partial charge in [-0.25, -0.2) is 0 Å². The summed E-state index contributed by atoms with van der Waals surface area (Å²) in [6, 6.07) is 28.1. The Morgan fingerprint density at radius 1 is 0.885 bits per heavy atom. The normalized spacial score (nSPS) is 11.9. The van der Waals surface area contributed by atoms with Crippen LogP contribution in [0, 0.1) is 0 Å². The maximum Gasteiger partial charge on any atom is 0.304 e. The zero-order chi connectivity index (χ0) is 18.4. The van der Waals surface area contributed by atoms with Crippen molar-refractivity contribution >= 4 is 24.5 Å². The number of para-hydroxylation sites is 1. The maximum atomic E-state index is 11.7. The lowest BCUT2D eigenvalue weighted by atomic mass is 10.1. The van der Waals surface area contributed by atoms with Gasteiger partial charge in [0.1, 0.15) is 5.75 Å². The van der Waals surface area contributed by atoms with Gasteiger partial charge >= 0.3 is 5.97 Å². The predicted octanol–water partition coefficient (Wildman–Crippen LogP) is 4.34. The Balaban J connectivity index is 2.18. The van der Waals surface area contributed by atoms with Gasteiger partial charge in [0, 0.05) is 11.2 Å². The average molecular weight is 364 g/mol. The van der Waals surface area contributed by atoms with Crippen LogP contribution < -0.4 is 15.3 Å². The summed E-state index contributed by atoms with van der Waals surface area (Å²) in [6.45, 7) is 0. The van der Waals surface area contributed by atoms with Crippen LogP contribution in [0.1, 0.15) is 17.6 Å². The Morgan fingerprint density at radius 3 is 1.88 bits per heavy atom. The van der Waals surface area contributed by atoms with Crippen molar-refractivity contribution in [1.29, 1.82) is 0 Å². The molecule has 0 aliphatic heterocycles. The molecule has 0 spiro atoms. The van der Waals surface area contributed by atoms with Crippen molar-refractivity contribution < 1.29 is 14.6 Å². The molecule has 3 aromatic rings. The summed E-state index contributed by atoms with van der Waals surface area (Å²) in [5.74, 6) is -0.0709. The van der Waals surface area contributed by atoms with Gasteiger partial charge in [0.15, 0.2) is 0 Å². The van der Waals surface area contributed by atoms with Crippen molar-refractivity contribution in [3.63, 3.8) is 0 Å². The zero-order valence-electron chi connectivity index (χ0n) is 14.6. The van der Waals surface area contributed by atoms with Gasteiger partial charge in [0.05, 0.1) is 13.5 Å². The molecule has 0 amide bonds. The van der Waals surface area contributed by atoms with Crippen LogP contribution in [0.4, 0.5) is 0 Å². The SMILES string of the molecule is COc1ccccc1C(CC(=O)O)P(c1ccccc1)c1ccccc1. The number of benzene rings is 3. The van der Waals surface area contributed by atoms with Gasteiger partial charge in [-0.2, -0.15) is 0 Å². The molecule has 26 heavy (non-hydrogen) atoms. The second kappa shape index (κ2) is 8.64. The molecule has 3 rings (SSSR count). The van der Waals surface area contributed by atoms with E-state index >= 15 is 0 Å². The first-order valence-electron chi connectivity index (χ1n) is 8.44. The number of hydrogen-bond donors (Lipinski definition) is 1. The molecule has 0 saturated heterocycles. The molecule has 0 saturated carbocycles. The van der Waals surface area contributed by atoms with Crippen LogP contribution in [-0.4, -0.2) is 18.2 Å². The molecule has 0 aromatic heterocycles. The molecular weight excluding hydrogens is 343 g/mol. The predicted molar refractivity (Wildman–Crippen MR) is 107 cm³/mol. The van der Waals surface area contributed by atoms with Crippen molar-refractivity contribution in [2.75, 3.05) is 7.11 Å². The fourth-order valence-corrected chi connectivity index (χ4v) is 5.97. The molecule has 0 bridgehead atoms. The van der Waals surface area contributed by atoms with E-state index in [0.717, 1.165) is 21.9 Å². The molecule has 0 heterocycles. The van der Waals surface area contributed by atoms with Crippen LogP contribution in [0.25, 0.3) is 0 Å². The van der Waals surface area contributed by atoms with Gasteiger partial charge < -0.3 is 9.84 Å². The lowest BCUT2D eigenvalue weighted by molar-refractivity contribution is -0.137. The average Bonchev–Trinajstić information content (AvgIpc) is 2.69. The number of ether oxygens (including phenoxy) is 1. The topological polar surface area (TPSA) is 46.5 Å². The Morgan fingerprint density at radius 2 is 1.38 bits per heavy atom. The number of rotatable bonds is 7. The van der Waals surface area contributed by atoms with E-state index in [1.165, 1.54) is 0 Å². The Kier molecular flexibility index (Phi) is 6.04. The molecule has 0 fully saturated rings. The van der Waals surface area contributed by atoms with Crippen molar-refractivity contribution in [2.45, 2.75) is 12.1 Å². The van der Waals surface area contributed by atoms with Gasteiger partial charge in [-0.3, -0.25) is 4.79 Å². The molecule has 1 N–H and O–H groups in total. The Hall–Kier alpha value is -2.64. The second-order valence-electron chi connectivity index (χ2n) is 5.90. The number of carbonyl (C=O) groups is 1. The smallest absolute Gasteiger partial charge is 0.304 e. The Labute approximate surface area is 155 Å². The molecule has 1 atom stereocenters. The van der Waals surface area contributed by atoms with Crippen LogP contribution in [-0.2, 0) is 4.79 Å². The largest absolute Gasteiger partial charge is 0.496 e. The van der Waals surface area contributed by atoms with E-state index in [1.807, 2.05) is 60.7 Å². The van der Waals surface area contributed by atoms with Crippen LogP contribution in [0.5, 0.6) is 5.75 Å². The van der Waals surface area contributed by atoms with Crippen LogP contribution in [0.3, 0.4) is 0 Å². The van der Waals surface area contributed by atoms with E-state index in [4.69, 9.17) is 4.74 Å². The van der Waals surface area contributed by atoms with Gasteiger partial charge in [-0.15, -0.1) is 0 Å². The molecule has 1 unspecified atom stereocenters. The second-order valence-corrected chi connectivity index (χ2v) is 8.29. The molecule has 0 aliphatic carbocycles. The summed E-state index contributed by atoms with van der Waals surface area (Å²) < 4.78 is 5.55. The quantitative estimate of drug-likeness (QED) is 0.634. The maximum absolute atomic E-state index is 11.7. The lowest BCUT2D eigenvalue weighted by Gasteiger charge is -2.29. The van der Waals surface area contributed by atoms with Crippen LogP contribution >= 0.6 is 7.92 Å². The number of methoxy groups -OCH3 is 1. The summed E-state index contributed by atoms with van der Waals surface area (Å²) in [4.78, 5) is 11.7. The van der Waals surface area contributed by atoms with Crippen molar-refractivity contribution in [1.82, 2.24) is 0 Å². The van der Waals surface area contributed by atoms with E-state index in [9.17, 15) is 9.90 Å². The summed E-state index contributed by atoms with van der Waals surface area (Å²) >= 11 is 0. The van der Waals surface area contributed by atoms with Crippen molar-refractivity contribution in [2.24, 2.45) is 0 Å². The molecule has 3 nitrogen and oxygen atoms in total. The minimum absolute atomic E-state index is 0.0515.